The van der Waals surface area contributed by atoms with E-state index in [1.165, 1.54) is 12.0 Å². The van der Waals surface area contributed by atoms with Gasteiger partial charge in [-0.3, -0.25) is 9.59 Å². The average molecular weight is 302 g/mol. The molecular weight excluding hydrogens is 276 g/mol. The smallest absolute Gasteiger partial charge is 0.313 e. The first-order valence-corrected chi connectivity index (χ1v) is 8.19. The van der Waals surface area contributed by atoms with Crippen LogP contribution >= 0.6 is 0 Å². The van der Waals surface area contributed by atoms with Crippen molar-refractivity contribution < 1.29 is 9.59 Å². The lowest BCUT2D eigenvalue weighted by Crippen LogP contribution is -2.45. The summed E-state index contributed by atoms with van der Waals surface area (Å²) in [5.74, 6) is -0.238. The van der Waals surface area contributed by atoms with Gasteiger partial charge in [0.25, 0.3) is 0 Å². The van der Waals surface area contributed by atoms with E-state index < -0.39 is 11.8 Å². The third-order valence-corrected chi connectivity index (χ3v) is 4.47. The fourth-order valence-electron chi connectivity index (χ4n) is 2.90. The van der Waals surface area contributed by atoms with E-state index in [0.717, 1.165) is 19.3 Å². The van der Waals surface area contributed by atoms with Crippen LogP contribution < -0.4 is 10.6 Å². The Morgan fingerprint density at radius 3 is 2.27 bits per heavy atom. The Hall–Kier alpha value is -1.84. The second kappa shape index (κ2) is 7.43. The van der Waals surface area contributed by atoms with Crippen molar-refractivity contribution in [3.8, 4) is 0 Å². The summed E-state index contributed by atoms with van der Waals surface area (Å²) < 4.78 is 0. The lowest BCUT2D eigenvalue weighted by molar-refractivity contribution is -0.137. The molecule has 0 saturated heterocycles. The molecule has 1 aliphatic carbocycles. The molecule has 0 aromatic heterocycles. The summed E-state index contributed by atoms with van der Waals surface area (Å²) in [6.45, 7) is 6.37. The van der Waals surface area contributed by atoms with Crippen molar-refractivity contribution in [3.63, 3.8) is 0 Å². The van der Waals surface area contributed by atoms with Gasteiger partial charge in [-0.05, 0) is 42.4 Å². The molecule has 2 rings (SSSR count). The number of hydrogen-bond acceptors (Lipinski definition) is 2. The molecule has 2 atom stereocenters. The molecule has 22 heavy (non-hydrogen) atoms. The fraction of sp³-hybridized carbons (Fsp3) is 0.556. The Morgan fingerprint density at radius 2 is 1.68 bits per heavy atom. The van der Waals surface area contributed by atoms with E-state index in [4.69, 9.17) is 0 Å². The van der Waals surface area contributed by atoms with E-state index in [1.807, 2.05) is 24.3 Å². The maximum absolute atomic E-state index is 12.0. The molecule has 0 bridgehead atoms. The van der Waals surface area contributed by atoms with Crippen molar-refractivity contribution in [2.75, 3.05) is 5.32 Å². The first-order valence-electron chi connectivity index (χ1n) is 8.19. The van der Waals surface area contributed by atoms with E-state index in [1.54, 1.807) is 0 Å². The summed E-state index contributed by atoms with van der Waals surface area (Å²) in [6.07, 6.45) is 4.40. The number of nitrogens with one attached hydrogen (secondary N) is 2. The molecule has 0 radical (unpaired) electrons. The fourth-order valence-corrected chi connectivity index (χ4v) is 2.90. The maximum atomic E-state index is 12.0. The van der Waals surface area contributed by atoms with Gasteiger partial charge in [0.1, 0.15) is 0 Å². The van der Waals surface area contributed by atoms with E-state index in [2.05, 4.69) is 31.4 Å². The Balaban J connectivity index is 1.89. The van der Waals surface area contributed by atoms with Gasteiger partial charge in [0.15, 0.2) is 0 Å². The van der Waals surface area contributed by atoms with Gasteiger partial charge in [0.05, 0.1) is 0 Å². The number of hydrogen-bond donors (Lipinski definition) is 2. The van der Waals surface area contributed by atoms with Gasteiger partial charge in [-0.2, -0.15) is 0 Å². The number of rotatable bonds is 3. The summed E-state index contributed by atoms with van der Waals surface area (Å²) in [7, 11) is 0. The molecule has 2 N–H and O–H groups in total. The number of benzene rings is 1. The minimum absolute atomic E-state index is 0.121. The molecule has 1 aromatic carbocycles. The molecule has 0 heterocycles. The third kappa shape index (κ3) is 4.33. The first-order chi connectivity index (χ1) is 10.5. The second-order valence-electron chi connectivity index (χ2n) is 6.57. The van der Waals surface area contributed by atoms with Gasteiger partial charge >= 0.3 is 11.8 Å². The topological polar surface area (TPSA) is 58.2 Å². The maximum Gasteiger partial charge on any atom is 0.313 e. The molecular formula is C18H26N2O2. The zero-order valence-corrected chi connectivity index (χ0v) is 13.7. The molecule has 2 amide bonds. The Bertz CT molecular complexity index is 522. The van der Waals surface area contributed by atoms with Crippen molar-refractivity contribution in [3.05, 3.63) is 29.8 Å². The van der Waals surface area contributed by atoms with E-state index in [-0.39, 0.29) is 6.04 Å². The lowest BCUT2D eigenvalue weighted by atomic mass is 9.86. The normalized spacial score (nSPS) is 21.5. The monoisotopic (exact) mass is 302 g/mol. The summed E-state index contributed by atoms with van der Waals surface area (Å²) in [5.41, 5.74) is 1.86. The Kier molecular flexibility index (Phi) is 5.58. The van der Waals surface area contributed by atoms with Gasteiger partial charge < -0.3 is 10.6 Å². The number of carbonyl (C=O) groups is 2. The number of anilines is 1. The predicted molar refractivity (Wildman–Crippen MR) is 88.7 cm³/mol. The van der Waals surface area contributed by atoms with Crippen molar-refractivity contribution in [2.45, 2.75) is 58.4 Å². The SMILES string of the molecule is CC(C)c1ccc(NC(=O)C(=O)NC2CCCCC2C)cc1. The van der Waals surface area contributed by atoms with Crippen molar-refractivity contribution in [1.29, 1.82) is 0 Å². The van der Waals surface area contributed by atoms with Crippen LogP contribution in [0.3, 0.4) is 0 Å². The van der Waals surface area contributed by atoms with Crippen LogP contribution in [0.25, 0.3) is 0 Å². The summed E-state index contributed by atoms with van der Waals surface area (Å²) in [5, 5.41) is 5.53. The van der Waals surface area contributed by atoms with Gasteiger partial charge in [0.2, 0.25) is 0 Å². The van der Waals surface area contributed by atoms with Crippen LogP contribution in [0, 0.1) is 5.92 Å². The highest BCUT2D eigenvalue weighted by molar-refractivity contribution is 6.39. The first kappa shape index (κ1) is 16.5. The quantitative estimate of drug-likeness (QED) is 0.840. The van der Waals surface area contributed by atoms with E-state index in [9.17, 15) is 9.59 Å². The molecule has 1 fully saturated rings. The summed E-state index contributed by atoms with van der Waals surface area (Å²) in [4.78, 5) is 24.0. The minimum atomic E-state index is -0.588. The van der Waals surface area contributed by atoms with Crippen LogP contribution in [0.15, 0.2) is 24.3 Å². The third-order valence-electron chi connectivity index (χ3n) is 4.47. The van der Waals surface area contributed by atoms with Crippen LogP contribution in [-0.4, -0.2) is 17.9 Å². The predicted octanol–water partition coefficient (Wildman–Crippen LogP) is 3.44. The minimum Gasteiger partial charge on any atom is -0.345 e. The van der Waals surface area contributed by atoms with Gasteiger partial charge in [-0.1, -0.05) is 45.7 Å². The van der Waals surface area contributed by atoms with E-state index in [0.29, 0.717) is 17.5 Å². The molecule has 1 aromatic rings. The van der Waals surface area contributed by atoms with Crippen LogP contribution in [0.5, 0.6) is 0 Å². The Morgan fingerprint density at radius 1 is 1.05 bits per heavy atom. The standard InChI is InChI=1S/C18H26N2O2/c1-12(2)14-8-10-15(11-9-14)19-17(21)18(22)20-16-7-5-4-6-13(16)3/h8-13,16H,4-7H2,1-3H3,(H,19,21)(H,20,22). The van der Waals surface area contributed by atoms with Crippen molar-refractivity contribution >= 4 is 17.5 Å². The molecule has 1 saturated carbocycles. The molecule has 120 valence electrons. The average Bonchev–Trinajstić information content (AvgIpc) is 2.50. The Labute approximate surface area is 132 Å². The second-order valence-corrected chi connectivity index (χ2v) is 6.57. The van der Waals surface area contributed by atoms with Crippen LogP contribution in [0.2, 0.25) is 0 Å². The van der Waals surface area contributed by atoms with E-state index >= 15 is 0 Å². The van der Waals surface area contributed by atoms with Gasteiger partial charge in [0, 0.05) is 11.7 Å². The summed E-state index contributed by atoms with van der Waals surface area (Å²) >= 11 is 0. The van der Waals surface area contributed by atoms with Crippen molar-refractivity contribution in [2.24, 2.45) is 5.92 Å². The molecule has 1 aliphatic rings. The zero-order chi connectivity index (χ0) is 16.1. The summed E-state index contributed by atoms with van der Waals surface area (Å²) in [6, 6.07) is 7.74. The highest BCUT2D eigenvalue weighted by Gasteiger charge is 2.25. The molecule has 0 aliphatic heterocycles. The van der Waals surface area contributed by atoms with Crippen molar-refractivity contribution in [1.82, 2.24) is 5.32 Å². The highest BCUT2D eigenvalue weighted by Crippen LogP contribution is 2.23. The molecule has 4 nitrogen and oxygen atoms in total. The van der Waals surface area contributed by atoms with Gasteiger partial charge in [-0.15, -0.1) is 0 Å². The molecule has 0 spiro atoms. The lowest BCUT2D eigenvalue weighted by Gasteiger charge is -2.29. The highest BCUT2D eigenvalue weighted by atomic mass is 16.2. The number of carbonyl (C=O) groups excluding carboxylic acids is 2. The number of amides is 2. The largest absolute Gasteiger partial charge is 0.345 e. The van der Waals surface area contributed by atoms with Gasteiger partial charge in [-0.25, -0.2) is 0 Å². The van der Waals surface area contributed by atoms with Crippen LogP contribution in [-0.2, 0) is 9.59 Å². The van der Waals surface area contributed by atoms with Crippen LogP contribution in [0.4, 0.5) is 5.69 Å². The molecule has 2 unspecified atom stereocenters. The zero-order valence-electron chi connectivity index (χ0n) is 13.7. The molecule has 4 heteroatoms. The van der Waals surface area contributed by atoms with Crippen LogP contribution in [0.1, 0.15) is 57.9 Å².